The van der Waals surface area contributed by atoms with E-state index in [2.05, 4.69) is 20.5 Å². The molecule has 0 spiro atoms. The van der Waals surface area contributed by atoms with Gasteiger partial charge < -0.3 is 29.9 Å². The maximum absolute atomic E-state index is 14.1. The second-order valence-corrected chi connectivity index (χ2v) is 11.2. The van der Waals surface area contributed by atoms with Gasteiger partial charge in [-0.25, -0.2) is 4.98 Å². The van der Waals surface area contributed by atoms with Crippen LogP contribution in [-0.2, 0) is 17.4 Å². The van der Waals surface area contributed by atoms with Crippen LogP contribution in [0.15, 0.2) is 48.7 Å². The third kappa shape index (κ3) is 5.13. The van der Waals surface area contributed by atoms with Crippen LogP contribution in [0, 0.1) is 0 Å². The summed E-state index contributed by atoms with van der Waals surface area (Å²) >= 11 is 0. The number of pyridine rings is 1. The number of ether oxygens (including phenoxy) is 2. The summed E-state index contributed by atoms with van der Waals surface area (Å²) in [6.45, 7) is 5.27. The molecule has 1 aromatic heterocycles. The lowest BCUT2D eigenvalue weighted by molar-refractivity contribution is -0.137. The first-order valence-electron chi connectivity index (χ1n) is 14.4. The van der Waals surface area contributed by atoms with Gasteiger partial charge in [-0.15, -0.1) is 0 Å². The quantitative estimate of drug-likeness (QED) is 0.432. The summed E-state index contributed by atoms with van der Waals surface area (Å²) in [6, 6.07) is 10.6. The largest absolute Gasteiger partial charge is 0.487 e. The fourth-order valence-electron chi connectivity index (χ4n) is 6.28. The lowest BCUT2D eigenvalue weighted by Crippen LogP contribution is -2.46. The normalized spacial score (nSPS) is 22.6. The van der Waals surface area contributed by atoms with Crippen LogP contribution in [0.25, 0.3) is 0 Å². The van der Waals surface area contributed by atoms with Gasteiger partial charge in [0.1, 0.15) is 29.2 Å². The molecule has 3 aliphatic heterocycles. The van der Waals surface area contributed by atoms with Crippen molar-refractivity contribution in [1.82, 2.24) is 15.2 Å². The van der Waals surface area contributed by atoms with Crippen LogP contribution in [-0.4, -0.2) is 66.6 Å². The van der Waals surface area contributed by atoms with E-state index in [-0.39, 0.29) is 35.2 Å². The second kappa shape index (κ2) is 10.4. The van der Waals surface area contributed by atoms with Crippen molar-refractivity contribution in [2.24, 2.45) is 0 Å². The first-order chi connectivity index (χ1) is 20.7. The van der Waals surface area contributed by atoms with Gasteiger partial charge in [0.2, 0.25) is 5.91 Å². The number of hydrogen-bond acceptors (Lipinski definition) is 7. The third-order valence-corrected chi connectivity index (χ3v) is 8.68. The summed E-state index contributed by atoms with van der Waals surface area (Å²) in [7, 11) is 0. The molecular formula is C31H30F3N5O4. The Morgan fingerprint density at radius 1 is 1.12 bits per heavy atom. The Labute approximate surface area is 246 Å². The average molecular weight is 594 g/mol. The number of carbonyl (C=O) groups excluding carboxylic acids is 2. The van der Waals surface area contributed by atoms with Crippen molar-refractivity contribution in [2.75, 3.05) is 42.9 Å². The Morgan fingerprint density at radius 3 is 2.70 bits per heavy atom. The van der Waals surface area contributed by atoms with Gasteiger partial charge in [-0.2, -0.15) is 13.2 Å². The van der Waals surface area contributed by atoms with Crippen molar-refractivity contribution in [3.05, 3.63) is 70.9 Å². The highest BCUT2D eigenvalue weighted by Crippen LogP contribution is 2.55. The predicted octanol–water partition coefficient (Wildman–Crippen LogP) is 4.58. The number of aromatic nitrogens is 1. The number of rotatable bonds is 6. The molecule has 2 N–H and O–H groups in total. The zero-order valence-corrected chi connectivity index (χ0v) is 23.4. The standard InChI is InChI=1S/C31H30F3N5O4/c1-2-38-11-13-39(14-12-38)22-6-3-17(15-21(22)31(32,33)34)30(41)37-27-26-20-16-18(4-7-23(20)43-28(26)27)42-24-9-10-35-29-19(24)5-8-25(40)36-29/h3-4,6-7,9-10,15-16,26-28H,2,5,8,11-14H2,1H3,(H,37,41)(H,35,36,40)/t26-,27+,28-/m0/s1. The van der Waals surface area contributed by atoms with E-state index in [0.717, 1.165) is 23.7 Å². The molecule has 4 heterocycles. The minimum atomic E-state index is -4.60. The van der Waals surface area contributed by atoms with Gasteiger partial charge in [-0.05, 0) is 55.4 Å². The fourth-order valence-corrected chi connectivity index (χ4v) is 6.28. The predicted molar refractivity (Wildman–Crippen MR) is 152 cm³/mol. The molecule has 2 amide bonds. The Morgan fingerprint density at radius 2 is 1.93 bits per heavy atom. The maximum atomic E-state index is 14.1. The van der Waals surface area contributed by atoms with Crippen LogP contribution in [0.3, 0.4) is 0 Å². The highest BCUT2D eigenvalue weighted by atomic mass is 19.4. The van der Waals surface area contributed by atoms with Gasteiger partial charge in [0.15, 0.2) is 0 Å². The molecule has 2 aromatic carbocycles. The van der Waals surface area contributed by atoms with Crippen molar-refractivity contribution in [1.29, 1.82) is 0 Å². The summed E-state index contributed by atoms with van der Waals surface area (Å²) in [5, 5.41) is 5.63. The smallest absolute Gasteiger partial charge is 0.418 e. The Bertz CT molecular complexity index is 1600. The van der Waals surface area contributed by atoms with Crippen LogP contribution in [0.5, 0.6) is 17.2 Å². The van der Waals surface area contributed by atoms with Crippen LogP contribution >= 0.6 is 0 Å². The molecule has 1 saturated heterocycles. The van der Waals surface area contributed by atoms with Crippen LogP contribution in [0.2, 0.25) is 0 Å². The number of nitrogens with one attached hydrogen (secondary N) is 2. The molecule has 9 nitrogen and oxygen atoms in total. The molecule has 43 heavy (non-hydrogen) atoms. The van der Waals surface area contributed by atoms with E-state index < -0.39 is 17.6 Å². The average Bonchev–Trinajstić information content (AvgIpc) is 3.52. The minimum absolute atomic E-state index is 0.0416. The number of halogens is 3. The van der Waals surface area contributed by atoms with Crippen molar-refractivity contribution >= 4 is 23.3 Å². The lowest BCUT2D eigenvalue weighted by atomic mass is 10.1. The zero-order valence-electron chi connectivity index (χ0n) is 23.4. The number of nitrogens with zero attached hydrogens (tertiary/aromatic N) is 3. The number of alkyl halides is 3. The van der Waals surface area contributed by atoms with Gasteiger partial charge in [-0.1, -0.05) is 6.92 Å². The molecule has 0 unspecified atom stereocenters. The second-order valence-electron chi connectivity index (χ2n) is 11.2. The first-order valence-corrected chi connectivity index (χ1v) is 14.4. The molecular weight excluding hydrogens is 563 g/mol. The van der Waals surface area contributed by atoms with Crippen LogP contribution in [0.4, 0.5) is 24.7 Å². The molecule has 0 bridgehead atoms. The third-order valence-electron chi connectivity index (χ3n) is 8.68. The van der Waals surface area contributed by atoms with Crippen molar-refractivity contribution in [3.8, 4) is 17.2 Å². The molecule has 7 rings (SSSR count). The number of fused-ring (bicyclic) bond motifs is 4. The molecule has 3 aromatic rings. The van der Waals surface area contributed by atoms with E-state index in [1.807, 2.05) is 13.0 Å². The lowest BCUT2D eigenvalue weighted by Gasteiger charge is -2.36. The highest BCUT2D eigenvalue weighted by molar-refractivity contribution is 5.96. The molecule has 3 atom stereocenters. The SMILES string of the molecule is CCN1CCN(c2ccc(C(=O)N[C@H]3[C@H]4Oc5ccc(Oc6ccnc7c6CCC(=O)N7)cc5[C@@H]34)cc2C(F)(F)F)CC1. The number of benzene rings is 2. The first kappa shape index (κ1) is 27.5. The number of carbonyl (C=O) groups is 2. The number of hydrogen-bond donors (Lipinski definition) is 2. The number of amides is 2. The molecule has 1 aliphatic carbocycles. The van der Waals surface area contributed by atoms with Gasteiger partial charge in [-0.3, -0.25) is 9.59 Å². The van der Waals surface area contributed by atoms with Crippen LogP contribution in [0.1, 0.15) is 46.3 Å². The number of piperazine rings is 1. The monoisotopic (exact) mass is 593 g/mol. The van der Waals surface area contributed by atoms with Gasteiger partial charge in [0.25, 0.3) is 5.91 Å². The zero-order chi connectivity index (χ0) is 29.9. The highest BCUT2D eigenvalue weighted by Gasteiger charge is 2.59. The maximum Gasteiger partial charge on any atom is 0.418 e. The fraction of sp³-hybridized carbons (Fsp3) is 0.387. The molecule has 1 saturated carbocycles. The van der Waals surface area contributed by atoms with E-state index in [0.29, 0.717) is 62.1 Å². The summed E-state index contributed by atoms with van der Waals surface area (Å²) in [4.78, 5) is 33.0. The topological polar surface area (TPSA) is 96.0 Å². The van der Waals surface area contributed by atoms with Gasteiger partial charge >= 0.3 is 6.18 Å². The molecule has 224 valence electrons. The number of anilines is 2. The van der Waals surface area contributed by atoms with Crippen LogP contribution < -0.4 is 25.0 Å². The van der Waals surface area contributed by atoms with Crippen molar-refractivity contribution in [3.63, 3.8) is 0 Å². The Hall–Kier alpha value is -4.32. The van der Waals surface area contributed by atoms with Gasteiger partial charge in [0.05, 0.1) is 17.5 Å². The van der Waals surface area contributed by atoms with Crippen molar-refractivity contribution in [2.45, 2.75) is 44.0 Å². The summed E-state index contributed by atoms with van der Waals surface area (Å²) < 4.78 is 54.5. The Balaban J connectivity index is 1.05. The summed E-state index contributed by atoms with van der Waals surface area (Å²) in [6.07, 6.45) is -2.46. The molecule has 4 aliphatic rings. The van der Waals surface area contributed by atoms with E-state index in [1.165, 1.54) is 12.1 Å². The van der Waals surface area contributed by atoms with E-state index >= 15 is 0 Å². The Kier molecular flexibility index (Phi) is 6.68. The van der Waals surface area contributed by atoms with Crippen molar-refractivity contribution < 1.29 is 32.2 Å². The minimum Gasteiger partial charge on any atom is -0.487 e. The summed E-state index contributed by atoms with van der Waals surface area (Å²) in [5.74, 6) is 1.54. The van der Waals surface area contributed by atoms with Gasteiger partial charge in [0, 0.05) is 61.2 Å². The summed E-state index contributed by atoms with van der Waals surface area (Å²) in [5.41, 5.74) is 0.940. The van der Waals surface area contributed by atoms with E-state index in [1.54, 1.807) is 29.3 Å². The molecule has 12 heteroatoms. The van der Waals surface area contributed by atoms with E-state index in [9.17, 15) is 22.8 Å². The molecule has 0 radical (unpaired) electrons. The van der Waals surface area contributed by atoms with E-state index in [4.69, 9.17) is 9.47 Å². The number of likely N-dealkylation sites (N-methyl/N-ethyl adjacent to an activating group) is 1. The molecule has 2 fully saturated rings.